The highest BCUT2D eigenvalue weighted by Gasteiger charge is 1.87. The van der Waals surface area contributed by atoms with Crippen molar-refractivity contribution in [2.24, 2.45) is 10.7 Å². The van der Waals surface area contributed by atoms with Gasteiger partial charge in [0.1, 0.15) is 0 Å². The lowest BCUT2D eigenvalue weighted by molar-refractivity contribution is 1.36. The molecular weight excluding hydrogens is 124 g/mol. The van der Waals surface area contributed by atoms with Gasteiger partial charge >= 0.3 is 0 Å². The smallest absolute Gasteiger partial charge is 0.0682 e. The molecule has 0 amide bonds. The van der Waals surface area contributed by atoms with Gasteiger partial charge in [-0.05, 0) is 6.72 Å². The maximum atomic E-state index is 5.33. The van der Waals surface area contributed by atoms with Crippen molar-refractivity contribution in [1.82, 2.24) is 0 Å². The molecule has 0 radical (unpaired) electrons. The number of aliphatic imine (C=N–C) groups is 1. The second kappa shape index (κ2) is 3.27. The monoisotopic (exact) mass is 130 g/mol. The number of hydrogen-bond donors (Lipinski definition) is 1. The topological polar surface area (TPSA) is 38.4 Å². The largest absolute Gasteiger partial charge is 0.396 e. The van der Waals surface area contributed by atoms with E-state index < -0.39 is 0 Å². The Balaban J connectivity index is 3.99. The molecule has 8 heavy (non-hydrogen) atoms. The standard InChI is InChI=1S/C5H7ClN2/c1-4(6)5(7)3-8-2/h3H,1-2,7H2/b5-3+. The van der Waals surface area contributed by atoms with Crippen LogP contribution in [-0.2, 0) is 0 Å². The average molecular weight is 131 g/mol. The molecule has 0 saturated carbocycles. The van der Waals surface area contributed by atoms with Crippen LogP contribution >= 0.6 is 11.6 Å². The summed E-state index contributed by atoms with van der Waals surface area (Å²) in [5, 5.41) is 0.289. The van der Waals surface area contributed by atoms with Crippen LogP contribution in [0.15, 0.2) is 28.5 Å². The Bertz CT molecular complexity index is 137. The Kier molecular flexibility index (Phi) is 2.96. The van der Waals surface area contributed by atoms with Crippen LogP contribution in [0.5, 0.6) is 0 Å². The third kappa shape index (κ3) is 2.42. The summed E-state index contributed by atoms with van der Waals surface area (Å²) in [6, 6.07) is 0. The first-order valence-corrected chi connectivity index (χ1v) is 2.32. The zero-order valence-electron chi connectivity index (χ0n) is 4.39. The van der Waals surface area contributed by atoms with E-state index in [0.717, 1.165) is 0 Å². The van der Waals surface area contributed by atoms with E-state index in [4.69, 9.17) is 17.3 Å². The fourth-order valence-electron chi connectivity index (χ4n) is 0.168. The lowest BCUT2D eigenvalue weighted by Crippen LogP contribution is -1.94. The van der Waals surface area contributed by atoms with Gasteiger partial charge in [-0.1, -0.05) is 18.2 Å². The van der Waals surface area contributed by atoms with E-state index in [9.17, 15) is 0 Å². The van der Waals surface area contributed by atoms with Crippen LogP contribution in [0.1, 0.15) is 0 Å². The van der Waals surface area contributed by atoms with Gasteiger partial charge in [-0.15, -0.1) is 0 Å². The van der Waals surface area contributed by atoms with Crippen LogP contribution < -0.4 is 5.73 Å². The fourth-order valence-corrected chi connectivity index (χ4v) is 0.217. The highest BCUT2D eigenvalue weighted by molar-refractivity contribution is 6.31. The van der Waals surface area contributed by atoms with Gasteiger partial charge in [0.15, 0.2) is 0 Å². The minimum absolute atomic E-state index is 0.289. The van der Waals surface area contributed by atoms with Crippen molar-refractivity contribution < 1.29 is 0 Å². The van der Waals surface area contributed by atoms with Crippen molar-refractivity contribution in [3.63, 3.8) is 0 Å². The van der Waals surface area contributed by atoms with Crippen LogP contribution in [0.2, 0.25) is 0 Å². The summed E-state index contributed by atoms with van der Waals surface area (Å²) in [5.74, 6) is 0. The minimum atomic E-state index is 0.289. The summed E-state index contributed by atoms with van der Waals surface area (Å²) < 4.78 is 0. The number of hydrogen-bond acceptors (Lipinski definition) is 2. The molecular formula is C5H7ClN2. The van der Waals surface area contributed by atoms with E-state index >= 15 is 0 Å². The fraction of sp³-hybridized carbons (Fsp3) is 0. The molecule has 0 aliphatic carbocycles. The zero-order valence-corrected chi connectivity index (χ0v) is 5.15. The number of rotatable bonds is 2. The first-order chi connectivity index (χ1) is 3.68. The first kappa shape index (κ1) is 7.24. The molecule has 0 rings (SSSR count). The molecule has 3 heteroatoms. The molecule has 0 fully saturated rings. The summed E-state index contributed by atoms with van der Waals surface area (Å²) in [7, 11) is 0. The predicted molar refractivity (Wildman–Crippen MR) is 36.8 cm³/mol. The summed E-state index contributed by atoms with van der Waals surface area (Å²) >= 11 is 5.33. The summed E-state index contributed by atoms with van der Waals surface area (Å²) in [5.41, 5.74) is 5.57. The van der Waals surface area contributed by atoms with Gasteiger partial charge < -0.3 is 5.73 Å². The van der Waals surface area contributed by atoms with Gasteiger partial charge in [0.2, 0.25) is 0 Å². The molecule has 0 aromatic heterocycles. The van der Waals surface area contributed by atoms with Gasteiger partial charge in [0.25, 0.3) is 0 Å². The molecule has 0 saturated heterocycles. The molecule has 2 nitrogen and oxygen atoms in total. The summed E-state index contributed by atoms with van der Waals surface area (Å²) in [6.45, 7) is 6.53. The van der Waals surface area contributed by atoms with Crippen LogP contribution in [0.4, 0.5) is 0 Å². The maximum absolute atomic E-state index is 5.33. The van der Waals surface area contributed by atoms with Crippen molar-refractivity contribution in [2.75, 3.05) is 0 Å². The van der Waals surface area contributed by atoms with Crippen LogP contribution in [0, 0.1) is 0 Å². The van der Waals surface area contributed by atoms with Crippen molar-refractivity contribution in [3.8, 4) is 0 Å². The van der Waals surface area contributed by atoms with Crippen LogP contribution in [0.25, 0.3) is 0 Å². The predicted octanol–water partition coefficient (Wildman–Crippen LogP) is 1.24. The van der Waals surface area contributed by atoms with Crippen molar-refractivity contribution in [1.29, 1.82) is 0 Å². The SMILES string of the molecule is C=N/C=C(/N)C(=C)Cl. The van der Waals surface area contributed by atoms with Crippen molar-refractivity contribution in [2.45, 2.75) is 0 Å². The second-order valence-corrected chi connectivity index (χ2v) is 1.63. The Morgan fingerprint density at radius 1 is 1.75 bits per heavy atom. The molecule has 0 spiro atoms. The molecule has 0 aromatic carbocycles. The molecule has 0 unspecified atom stereocenters. The van der Waals surface area contributed by atoms with Crippen LogP contribution in [-0.4, -0.2) is 6.72 Å². The molecule has 2 N–H and O–H groups in total. The van der Waals surface area contributed by atoms with Gasteiger partial charge in [0.05, 0.1) is 16.9 Å². The number of allylic oxidation sites excluding steroid dienone is 1. The quantitative estimate of drug-likeness (QED) is 0.443. The van der Waals surface area contributed by atoms with Gasteiger partial charge in [-0.3, -0.25) is 4.99 Å². The van der Waals surface area contributed by atoms with E-state index in [1.807, 2.05) is 0 Å². The van der Waals surface area contributed by atoms with Crippen molar-refractivity contribution >= 4 is 18.3 Å². The van der Waals surface area contributed by atoms with Crippen molar-refractivity contribution in [3.05, 3.63) is 23.5 Å². The van der Waals surface area contributed by atoms with Gasteiger partial charge in [-0.25, -0.2) is 0 Å². The van der Waals surface area contributed by atoms with Gasteiger partial charge in [-0.2, -0.15) is 0 Å². The number of nitrogens with zero attached hydrogens (tertiary/aromatic N) is 1. The summed E-state index contributed by atoms with van der Waals surface area (Å²) in [6.07, 6.45) is 1.34. The maximum Gasteiger partial charge on any atom is 0.0682 e. The Labute approximate surface area is 53.4 Å². The third-order valence-corrected chi connectivity index (χ3v) is 0.762. The highest BCUT2D eigenvalue weighted by Crippen LogP contribution is 2.04. The van der Waals surface area contributed by atoms with Crippen LogP contribution in [0.3, 0.4) is 0 Å². The van der Waals surface area contributed by atoms with E-state index in [2.05, 4.69) is 18.3 Å². The molecule has 0 aromatic rings. The number of nitrogens with two attached hydrogens (primary N) is 1. The third-order valence-electron chi connectivity index (χ3n) is 0.544. The minimum Gasteiger partial charge on any atom is -0.396 e. The second-order valence-electron chi connectivity index (χ2n) is 1.17. The molecule has 0 bridgehead atoms. The molecule has 0 aliphatic rings. The lowest BCUT2D eigenvalue weighted by Gasteiger charge is -1.90. The van der Waals surface area contributed by atoms with E-state index in [1.165, 1.54) is 6.20 Å². The highest BCUT2D eigenvalue weighted by atomic mass is 35.5. The average Bonchev–Trinajstić information content (AvgIpc) is 1.67. The molecule has 0 atom stereocenters. The number of halogens is 1. The Morgan fingerprint density at radius 3 is 2.38 bits per heavy atom. The van der Waals surface area contributed by atoms with E-state index in [1.54, 1.807) is 0 Å². The van der Waals surface area contributed by atoms with E-state index in [-0.39, 0.29) is 5.03 Å². The first-order valence-electron chi connectivity index (χ1n) is 1.94. The van der Waals surface area contributed by atoms with E-state index in [0.29, 0.717) is 5.70 Å². The molecule has 0 heterocycles. The zero-order chi connectivity index (χ0) is 6.57. The van der Waals surface area contributed by atoms with Gasteiger partial charge in [0, 0.05) is 0 Å². The normalized spacial score (nSPS) is 10.9. The Hall–Kier alpha value is -0.760. The molecule has 0 aliphatic heterocycles. The lowest BCUT2D eigenvalue weighted by atomic mass is 10.5. The summed E-state index contributed by atoms with van der Waals surface area (Å²) in [4.78, 5) is 3.37. The Morgan fingerprint density at radius 2 is 2.25 bits per heavy atom. The molecule has 44 valence electrons.